The Kier molecular flexibility index (Phi) is 3.85. The molecule has 16 heavy (non-hydrogen) atoms. The maximum Gasteiger partial charge on any atom is 0.0659 e. The van der Waals surface area contributed by atoms with Crippen LogP contribution in [-0.4, -0.2) is 68.3 Å². The smallest absolute Gasteiger partial charge is 0.0659 e. The average Bonchev–Trinajstić information content (AvgIpc) is 2.65. The van der Waals surface area contributed by atoms with Gasteiger partial charge in [0.15, 0.2) is 0 Å². The number of likely N-dealkylation sites (tertiary alicyclic amines) is 1. The molecule has 0 aromatic rings. The van der Waals surface area contributed by atoms with E-state index in [4.69, 9.17) is 10.5 Å². The third-order valence-electron chi connectivity index (χ3n) is 3.88. The van der Waals surface area contributed by atoms with Crippen LogP contribution in [0, 0.1) is 0 Å². The largest absolute Gasteiger partial charge is 0.379 e. The fraction of sp³-hybridized carbons (Fsp3) is 1.00. The van der Waals surface area contributed by atoms with Gasteiger partial charge in [-0.05, 0) is 39.9 Å². The quantitative estimate of drug-likeness (QED) is 0.744. The lowest BCUT2D eigenvalue weighted by Gasteiger charge is -2.39. The molecule has 0 aromatic carbocycles. The van der Waals surface area contributed by atoms with Gasteiger partial charge < -0.3 is 15.4 Å². The number of nitrogens with two attached hydrogens (primary N) is 1. The molecule has 2 fully saturated rings. The van der Waals surface area contributed by atoms with E-state index in [-0.39, 0.29) is 5.54 Å². The lowest BCUT2D eigenvalue weighted by Crippen LogP contribution is -2.55. The highest BCUT2D eigenvalue weighted by Crippen LogP contribution is 2.20. The van der Waals surface area contributed by atoms with Crippen molar-refractivity contribution >= 4 is 0 Å². The molecule has 4 nitrogen and oxygen atoms in total. The monoisotopic (exact) mass is 227 g/mol. The Morgan fingerprint density at radius 1 is 1.50 bits per heavy atom. The highest BCUT2D eigenvalue weighted by molar-refractivity contribution is 4.92. The van der Waals surface area contributed by atoms with Crippen LogP contribution in [0.15, 0.2) is 0 Å². The number of ether oxygens (including phenoxy) is 1. The summed E-state index contributed by atoms with van der Waals surface area (Å²) in [5.41, 5.74) is 6.24. The van der Waals surface area contributed by atoms with Crippen LogP contribution in [0.5, 0.6) is 0 Å². The van der Waals surface area contributed by atoms with Gasteiger partial charge in [0.25, 0.3) is 0 Å². The van der Waals surface area contributed by atoms with Gasteiger partial charge in [0.2, 0.25) is 0 Å². The van der Waals surface area contributed by atoms with E-state index in [0.717, 1.165) is 32.7 Å². The second-order valence-electron chi connectivity index (χ2n) is 5.66. The van der Waals surface area contributed by atoms with Crippen LogP contribution < -0.4 is 5.73 Å². The first-order valence-corrected chi connectivity index (χ1v) is 6.34. The van der Waals surface area contributed by atoms with Gasteiger partial charge in [0, 0.05) is 25.7 Å². The lowest BCUT2D eigenvalue weighted by molar-refractivity contribution is 0.101. The first-order valence-electron chi connectivity index (χ1n) is 6.34. The molecule has 2 aliphatic rings. The van der Waals surface area contributed by atoms with E-state index in [9.17, 15) is 0 Å². The normalized spacial score (nSPS) is 37.1. The predicted molar refractivity (Wildman–Crippen MR) is 65.5 cm³/mol. The summed E-state index contributed by atoms with van der Waals surface area (Å²) in [5.74, 6) is 0. The molecule has 0 aliphatic carbocycles. The van der Waals surface area contributed by atoms with Crippen LogP contribution in [-0.2, 0) is 4.74 Å². The Hall–Kier alpha value is -0.160. The van der Waals surface area contributed by atoms with Gasteiger partial charge in [0.05, 0.1) is 12.1 Å². The molecule has 0 bridgehead atoms. The molecule has 94 valence electrons. The molecule has 0 spiro atoms. The van der Waals surface area contributed by atoms with E-state index in [0.29, 0.717) is 6.04 Å². The van der Waals surface area contributed by atoms with Gasteiger partial charge >= 0.3 is 0 Å². The standard InChI is InChI=1S/C12H25N3O/c1-14(2)11-4-3-6-15(8-11)9-12(13)5-7-16-10-12/h11H,3-10,13H2,1-2H3. The van der Waals surface area contributed by atoms with Gasteiger partial charge in [-0.1, -0.05) is 0 Å². The number of piperidine rings is 1. The van der Waals surface area contributed by atoms with Gasteiger partial charge in [-0.3, -0.25) is 4.90 Å². The van der Waals surface area contributed by atoms with E-state index < -0.39 is 0 Å². The molecule has 0 saturated carbocycles. The molecular weight excluding hydrogens is 202 g/mol. The number of likely N-dealkylation sites (N-methyl/N-ethyl adjacent to an activating group) is 1. The molecule has 4 heteroatoms. The molecule has 2 unspecified atom stereocenters. The number of hydrogen-bond acceptors (Lipinski definition) is 4. The topological polar surface area (TPSA) is 41.7 Å². The second kappa shape index (κ2) is 5.00. The van der Waals surface area contributed by atoms with E-state index in [1.807, 2.05) is 0 Å². The first-order chi connectivity index (χ1) is 7.59. The maximum atomic E-state index is 6.33. The van der Waals surface area contributed by atoms with E-state index in [1.54, 1.807) is 0 Å². The Bertz CT molecular complexity index is 226. The lowest BCUT2D eigenvalue weighted by atomic mass is 9.97. The Labute approximate surface area is 98.7 Å². The van der Waals surface area contributed by atoms with Gasteiger partial charge in [-0.15, -0.1) is 0 Å². The summed E-state index contributed by atoms with van der Waals surface area (Å²) in [7, 11) is 4.34. The molecule has 2 N–H and O–H groups in total. The van der Waals surface area contributed by atoms with Crippen LogP contribution >= 0.6 is 0 Å². The van der Waals surface area contributed by atoms with Crippen LogP contribution in [0.25, 0.3) is 0 Å². The van der Waals surface area contributed by atoms with Crippen LogP contribution in [0.3, 0.4) is 0 Å². The third kappa shape index (κ3) is 2.94. The summed E-state index contributed by atoms with van der Waals surface area (Å²) >= 11 is 0. The minimum atomic E-state index is -0.0891. The molecule has 0 radical (unpaired) electrons. The Balaban J connectivity index is 1.85. The Morgan fingerprint density at radius 3 is 2.94 bits per heavy atom. The van der Waals surface area contributed by atoms with E-state index in [2.05, 4.69) is 23.9 Å². The first kappa shape index (κ1) is 12.3. The van der Waals surface area contributed by atoms with Gasteiger partial charge in [-0.2, -0.15) is 0 Å². The van der Waals surface area contributed by atoms with Crippen molar-refractivity contribution < 1.29 is 4.74 Å². The number of rotatable bonds is 3. The van der Waals surface area contributed by atoms with Crippen LogP contribution in [0.1, 0.15) is 19.3 Å². The van der Waals surface area contributed by atoms with Gasteiger partial charge in [-0.25, -0.2) is 0 Å². The number of hydrogen-bond donors (Lipinski definition) is 1. The van der Waals surface area contributed by atoms with Crippen LogP contribution in [0.2, 0.25) is 0 Å². The fourth-order valence-corrected chi connectivity index (χ4v) is 2.79. The molecule has 2 atom stereocenters. The molecule has 0 aromatic heterocycles. The second-order valence-corrected chi connectivity index (χ2v) is 5.66. The van der Waals surface area contributed by atoms with Crippen LogP contribution in [0.4, 0.5) is 0 Å². The summed E-state index contributed by atoms with van der Waals surface area (Å²) in [6.07, 6.45) is 3.62. The Morgan fingerprint density at radius 2 is 2.31 bits per heavy atom. The highest BCUT2D eigenvalue weighted by atomic mass is 16.5. The van der Waals surface area contributed by atoms with Crippen molar-refractivity contribution in [1.82, 2.24) is 9.80 Å². The van der Waals surface area contributed by atoms with E-state index in [1.165, 1.54) is 19.4 Å². The summed E-state index contributed by atoms with van der Waals surface area (Å²) in [6, 6.07) is 0.694. The summed E-state index contributed by atoms with van der Waals surface area (Å²) in [4.78, 5) is 4.85. The fourth-order valence-electron chi connectivity index (χ4n) is 2.79. The van der Waals surface area contributed by atoms with Crippen molar-refractivity contribution in [2.45, 2.75) is 30.8 Å². The highest BCUT2D eigenvalue weighted by Gasteiger charge is 2.34. The SMILES string of the molecule is CN(C)C1CCCN(CC2(N)CCOC2)C1. The van der Waals surface area contributed by atoms with E-state index >= 15 is 0 Å². The zero-order chi connectivity index (χ0) is 11.6. The zero-order valence-electron chi connectivity index (χ0n) is 10.6. The zero-order valence-corrected chi connectivity index (χ0v) is 10.6. The summed E-state index contributed by atoms with van der Waals surface area (Å²) in [5, 5.41) is 0. The third-order valence-corrected chi connectivity index (χ3v) is 3.88. The van der Waals surface area contributed by atoms with Crippen molar-refractivity contribution in [2.75, 3.05) is 46.9 Å². The summed E-state index contributed by atoms with van der Waals surface area (Å²) in [6.45, 7) is 4.92. The predicted octanol–water partition coefficient (Wildman–Crippen LogP) is 0.130. The van der Waals surface area contributed by atoms with Crippen molar-refractivity contribution in [3.63, 3.8) is 0 Å². The minimum absolute atomic E-state index is 0.0891. The molecule has 2 heterocycles. The van der Waals surface area contributed by atoms with Crippen molar-refractivity contribution in [2.24, 2.45) is 5.73 Å². The molecule has 2 saturated heterocycles. The molecule has 2 rings (SSSR count). The number of nitrogens with zero attached hydrogens (tertiary/aromatic N) is 2. The molecular formula is C12H25N3O. The average molecular weight is 227 g/mol. The van der Waals surface area contributed by atoms with Gasteiger partial charge in [0.1, 0.15) is 0 Å². The molecule has 2 aliphatic heterocycles. The minimum Gasteiger partial charge on any atom is -0.379 e. The maximum absolute atomic E-state index is 6.33. The van der Waals surface area contributed by atoms with Crippen molar-refractivity contribution in [1.29, 1.82) is 0 Å². The molecule has 0 amide bonds. The van der Waals surface area contributed by atoms with Crippen molar-refractivity contribution in [3.8, 4) is 0 Å². The van der Waals surface area contributed by atoms with Crippen molar-refractivity contribution in [3.05, 3.63) is 0 Å². The summed E-state index contributed by atoms with van der Waals surface area (Å²) < 4.78 is 5.41.